The summed E-state index contributed by atoms with van der Waals surface area (Å²) in [4.78, 5) is 22.9. The quantitative estimate of drug-likeness (QED) is 0.790. The minimum absolute atomic E-state index is 0.00678. The third-order valence-electron chi connectivity index (χ3n) is 3.06. The summed E-state index contributed by atoms with van der Waals surface area (Å²) < 4.78 is 22.4. The maximum Gasteiger partial charge on any atom is 0.249 e. The molecule has 0 aliphatic carbocycles. The van der Waals surface area contributed by atoms with Gasteiger partial charge in [0.05, 0.1) is 16.9 Å². The largest absolute Gasteiger partial charge is 0.366 e. The van der Waals surface area contributed by atoms with E-state index in [9.17, 15) is 18.0 Å². The fraction of sp³-hybridized carbons (Fsp3) is 0.385. The van der Waals surface area contributed by atoms with Gasteiger partial charge in [0, 0.05) is 6.26 Å². The van der Waals surface area contributed by atoms with Crippen molar-refractivity contribution in [3.63, 3.8) is 0 Å². The average molecular weight is 298 g/mol. The Kier molecular flexibility index (Phi) is 4.88. The predicted molar refractivity (Wildman–Crippen MR) is 76.2 cm³/mol. The molecule has 0 spiro atoms. The van der Waals surface area contributed by atoms with Crippen LogP contribution in [0.15, 0.2) is 18.2 Å². The van der Waals surface area contributed by atoms with Crippen molar-refractivity contribution in [2.75, 3.05) is 12.0 Å². The van der Waals surface area contributed by atoms with Crippen LogP contribution in [0, 0.1) is 0 Å². The highest BCUT2D eigenvalue weighted by molar-refractivity contribution is 7.90. The van der Waals surface area contributed by atoms with E-state index in [-0.39, 0.29) is 22.8 Å². The van der Waals surface area contributed by atoms with Gasteiger partial charge in [-0.15, -0.1) is 0 Å². The molecule has 110 valence electrons. The number of primary amides is 2. The number of sulfone groups is 1. The Balaban J connectivity index is 3.20. The number of nitrogens with two attached hydrogens (primary N) is 2. The Morgan fingerprint density at radius 3 is 2.25 bits per heavy atom. The molecule has 0 heterocycles. The maximum absolute atomic E-state index is 11.5. The smallest absolute Gasteiger partial charge is 0.249 e. The maximum atomic E-state index is 11.5. The van der Waals surface area contributed by atoms with Crippen LogP contribution in [-0.2, 0) is 9.84 Å². The van der Waals surface area contributed by atoms with Gasteiger partial charge in [0.25, 0.3) is 0 Å². The van der Waals surface area contributed by atoms with Crippen LogP contribution in [0.25, 0.3) is 0 Å². The third kappa shape index (κ3) is 4.06. The number of hydrogen-bond acceptors (Lipinski definition) is 4. The van der Waals surface area contributed by atoms with Crippen molar-refractivity contribution in [3.8, 4) is 0 Å². The van der Waals surface area contributed by atoms with Gasteiger partial charge in [0.2, 0.25) is 11.8 Å². The molecule has 4 N–H and O–H groups in total. The molecule has 0 saturated carbocycles. The molecule has 20 heavy (non-hydrogen) atoms. The molecule has 0 aliphatic heterocycles. The lowest BCUT2D eigenvalue weighted by molar-refractivity contribution is 0.0966. The van der Waals surface area contributed by atoms with Crippen molar-refractivity contribution in [2.24, 2.45) is 11.5 Å². The van der Waals surface area contributed by atoms with Crippen molar-refractivity contribution in [2.45, 2.75) is 19.3 Å². The van der Waals surface area contributed by atoms with Crippen molar-refractivity contribution in [3.05, 3.63) is 34.9 Å². The highest BCUT2D eigenvalue weighted by Crippen LogP contribution is 2.25. The van der Waals surface area contributed by atoms with E-state index in [1.54, 1.807) is 19.1 Å². The van der Waals surface area contributed by atoms with Gasteiger partial charge in [-0.3, -0.25) is 9.59 Å². The lowest BCUT2D eigenvalue weighted by atomic mass is 9.90. The second-order valence-corrected chi connectivity index (χ2v) is 7.08. The third-order valence-corrected chi connectivity index (χ3v) is 4.04. The summed E-state index contributed by atoms with van der Waals surface area (Å²) in [5, 5.41) is 0. The van der Waals surface area contributed by atoms with Crippen molar-refractivity contribution < 1.29 is 18.0 Å². The first kappa shape index (κ1) is 16.2. The van der Waals surface area contributed by atoms with Crippen LogP contribution in [0.5, 0.6) is 0 Å². The minimum atomic E-state index is -3.09. The summed E-state index contributed by atoms with van der Waals surface area (Å²) in [5.74, 6) is -1.73. The molecule has 2 amide bonds. The molecule has 1 atom stereocenters. The van der Waals surface area contributed by atoms with Crippen LogP contribution in [0.2, 0.25) is 0 Å². The topological polar surface area (TPSA) is 120 Å². The lowest BCUT2D eigenvalue weighted by Crippen LogP contribution is -2.23. The van der Waals surface area contributed by atoms with Gasteiger partial charge in [-0.05, 0) is 24.0 Å². The number of rotatable bonds is 6. The zero-order valence-electron chi connectivity index (χ0n) is 11.4. The lowest BCUT2D eigenvalue weighted by Gasteiger charge is -2.16. The Morgan fingerprint density at radius 1 is 1.20 bits per heavy atom. The Bertz CT molecular complexity index is 638. The van der Waals surface area contributed by atoms with E-state index in [2.05, 4.69) is 0 Å². The van der Waals surface area contributed by atoms with Crippen LogP contribution in [0.3, 0.4) is 0 Å². The Morgan fingerprint density at radius 2 is 1.80 bits per heavy atom. The van der Waals surface area contributed by atoms with Gasteiger partial charge in [-0.1, -0.05) is 19.1 Å². The summed E-state index contributed by atoms with van der Waals surface area (Å²) in [5.41, 5.74) is 11.2. The van der Waals surface area contributed by atoms with E-state index < -0.39 is 21.7 Å². The minimum Gasteiger partial charge on any atom is -0.366 e. The van der Waals surface area contributed by atoms with Gasteiger partial charge < -0.3 is 11.5 Å². The van der Waals surface area contributed by atoms with E-state index >= 15 is 0 Å². The van der Waals surface area contributed by atoms with Crippen molar-refractivity contribution in [1.82, 2.24) is 0 Å². The SMILES string of the molecule is CC(CCS(C)(=O)=O)c1cccc(C(N)=O)c1C(N)=O. The molecule has 1 aromatic carbocycles. The predicted octanol–water partition coefficient (Wildman–Crippen LogP) is 0.423. The molecule has 0 saturated heterocycles. The zero-order chi connectivity index (χ0) is 15.5. The number of hydrogen-bond donors (Lipinski definition) is 2. The second kappa shape index (κ2) is 6.04. The van der Waals surface area contributed by atoms with E-state index in [0.29, 0.717) is 12.0 Å². The fourth-order valence-electron chi connectivity index (χ4n) is 2.01. The van der Waals surface area contributed by atoms with Crippen LogP contribution in [0.1, 0.15) is 45.5 Å². The summed E-state index contributed by atoms with van der Waals surface area (Å²) >= 11 is 0. The normalized spacial score (nSPS) is 12.9. The fourth-order valence-corrected chi connectivity index (χ4v) is 2.79. The monoisotopic (exact) mass is 298 g/mol. The molecule has 0 aromatic heterocycles. The summed E-state index contributed by atoms with van der Waals surface area (Å²) in [6.07, 6.45) is 1.48. The summed E-state index contributed by atoms with van der Waals surface area (Å²) in [6, 6.07) is 4.67. The molecule has 1 unspecified atom stereocenters. The van der Waals surface area contributed by atoms with Gasteiger partial charge in [0.1, 0.15) is 9.84 Å². The molecule has 6 nitrogen and oxygen atoms in total. The second-order valence-electron chi connectivity index (χ2n) is 4.82. The van der Waals surface area contributed by atoms with E-state index in [4.69, 9.17) is 11.5 Å². The van der Waals surface area contributed by atoms with Crippen molar-refractivity contribution in [1.29, 1.82) is 0 Å². The average Bonchev–Trinajstić information content (AvgIpc) is 2.33. The zero-order valence-corrected chi connectivity index (χ0v) is 12.2. The van der Waals surface area contributed by atoms with E-state index in [1.807, 2.05) is 0 Å². The summed E-state index contributed by atoms with van der Waals surface area (Å²) in [6.45, 7) is 1.78. The molecule has 0 aliphatic rings. The number of amides is 2. The van der Waals surface area contributed by atoms with Crippen LogP contribution in [-0.4, -0.2) is 32.2 Å². The first-order valence-corrected chi connectivity index (χ1v) is 8.09. The Hall–Kier alpha value is -1.89. The number of carbonyl (C=O) groups is 2. The molecule has 0 radical (unpaired) electrons. The van der Waals surface area contributed by atoms with Crippen LogP contribution < -0.4 is 11.5 Å². The number of benzene rings is 1. The highest BCUT2D eigenvalue weighted by atomic mass is 32.2. The van der Waals surface area contributed by atoms with Gasteiger partial charge >= 0.3 is 0 Å². The molecule has 1 rings (SSSR count). The highest BCUT2D eigenvalue weighted by Gasteiger charge is 2.21. The Labute approximate surface area is 118 Å². The van der Waals surface area contributed by atoms with Gasteiger partial charge in [-0.25, -0.2) is 8.42 Å². The first-order valence-electron chi connectivity index (χ1n) is 6.03. The molecule has 0 fully saturated rings. The molecular formula is C13H18N2O4S. The number of carbonyl (C=O) groups excluding carboxylic acids is 2. The van der Waals surface area contributed by atoms with E-state index in [0.717, 1.165) is 6.26 Å². The summed E-state index contributed by atoms with van der Waals surface area (Å²) in [7, 11) is -3.09. The molecule has 1 aromatic rings. The van der Waals surface area contributed by atoms with Crippen LogP contribution >= 0.6 is 0 Å². The first-order chi connectivity index (χ1) is 9.13. The van der Waals surface area contributed by atoms with E-state index in [1.165, 1.54) is 6.07 Å². The standard InChI is InChI=1S/C13H18N2O4S/c1-8(6-7-20(2,18)19)9-4-3-5-10(12(14)16)11(9)13(15)17/h3-5,8H,6-7H2,1-2H3,(H2,14,16)(H2,15,17). The molecule has 7 heteroatoms. The molecule has 0 bridgehead atoms. The van der Waals surface area contributed by atoms with Gasteiger partial charge in [-0.2, -0.15) is 0 Å². The van der Waals surface area contributed by atoms with Crippen molar-refractivity contribution >= 4 is 21.7 Å². The van der Waals surface area contributed by atoms with Gasteiger partial charge in [0.15, 0.2) is 0 Å². The molecular weight excluding hydrogens is 280 g/mol. The van der Waals surface area contributed by atoms with Crippen LogP contribution in [0.4, 0.5) is 0 Å².